The van der Waals surface area contributed by atoms with Gasteiger partial charge in [-0.15, -0.1) is 0 Å². The lowest BCUT2D eigenvalue weighted by atomic mass is 10.4. The van der Waals surface area contributed by atoms with Crippen molar-refractivity contribution in [3.8, 4) is 0 Å². The third-order valence-corrected chi connectivity index (χ3v) is 6.36. The number of pyridine rings is 3. The first-order valence-electron chi connectivity index (χ1n) is 13.5. The van der Waals surface area contributed by atoms with E-state index in [-0.39, 0.29) is 34.5 Å². The number of anilines is 3. The van der Waals surface area contributed by atoms with E-state index in [0.717, 1.165) is 38.8 Å². The zero-order valence-electron chi connectivity index (χ0n) is 23.5. The Hall–Kier alpha value is -5.25. The highest BCUT2D eigenvalue weighted by Crippen LogP contribution is 2.21. The summed E-state index contributed by atoms with van der Waals surface area (Å²) in [6, 6.07) is 14.0. The standard InChI is InChI=1S/C9H9N3O3.C9H11N3O.C5H3ClN2O2.C4H7NO/c13-9-5-2-6-11(9)7-3-1-4-8(10-7)12(14)15;10-7-3-1-4-8(11-7)12-6-2-5-9(12)13;6-4-2-1-3-5(7-4)8(9)10;6-4-2-1-3-5-4/h1,3-4H,2,5-6H2;1,3-4H,2,5-6H2,(H2,10,11);1-3H;1-3H2,(H,5,6). The first-order chi connectivity index (χ1) is 21.0. The lowest BCUT2D eigenvalue weighted by Gasteiger charge is -2.13. The van der Waals surface area contributed by atoms with Crippen LogP contribution in [-0.2, 0) is 14.4 Å². The first kappa shape index (κ1) is 33.3. The summed E-state index contributed by atoms with van der Waals surface area (Å²) in [5, 5.41) is 23.3. The molecular weight excluding hydrogens is 598 g/mol. The monoisotopic (exact) mass is 627 g/mol. The van der Waals surface area contributed by atoms with Gasteiger partial charge in [0.05, 0.1) is 0 Å². The van der Waals surface area contributed by atoms with Gasteiger partial charge in [-0.25, -0.2) is 4.98 Å². The van der Waals surface area contributed by atoms with Crippen molar-refractivity contribution in [3.05, 3.63) is 80.0 Å². The van der Waals surface area contributed by atoms with Crippen molar-refractivity contribution in [2.24, 2.45) is 0 Å². The van der Waals surface area contributed by atoms with Crippen LogP contribution in [0.3, 0.4) is 0 Å². The minimum Gasteiger partial charge on any atom is -0.384 e. The number of nitrogens with two attached hydrogens (primary N) is 1. The van der Waals surface area contributed by atoms with Crippen LogP contribution in [0.1, 0.15) is 38.5 Å². The number of hydrogen-bond donors (Lipinski definition) is 2. The average Bonchev–Trinajstić information content (AvgIpc) is 3.77. The Bertz CT molecular complexity index is 1500. The number of aromatic nitrogens is 3. The molecule has 0 unspecified atom stereocenters. The maximum absolute atomic E-state index is 11.4. The van der Waals surface area contributed by atoms with Crippen molar-refractivity contribution in [1.82, 2.24) is 20.3 Å². The maximum Gasteiger partial charge on any atom is 0.365 e. The Morgan fingerprint density at radius 3 is 1.64 bits per heavy atom. The summed E-state index contributed by atoms with van der Waals surface area (Å²) in [6.07, 6.45) is 4.57. The minimum absolute atomic E-state index is 0.0250. The normalized spacial score (nSPS) is 15.2. The SMILES string of the molecule is Nc1cccc(N2CCCC2=O)n1.O=C1CCCN1.O=C1CCCN1c1cccc([N+](=O)[O-])n1.O=[N+]([O-])c1cccc(Cl)n1. The Labute approximate surface area is 256 Å². The quantitative estimate of drug-likeness (QED) is 0.242. The summed E-state index contributed by atoms with van der Waals surface area (Å²) in [7, 11) is 0. The molecule has 0 saturated carbocycles. The van der Waals surface area contributed by atoms with Gasteiger partial charge in [-0.05, 0) is 74.9 Å². The van der Waals surface area contributed by atoms with Gasteiger partial charge in [0, 0.05) is 63.2 Å². The molecule has 17 heteroatoms. The number of rotatable bonds is 4. The van der Waals surface area contributed by atoms with Crippen molar-refractivity contribution in [1.29, 1.82) is 0 Å². The Balaban J connectivity index is 0.000000167. The summed E-state index contributed by atoms with van der Waals surface area (Å²) < 4.78 is 0. The molecule has 3 saturated heterocycles. The van der Waals surface area contributed by atoms with Crippen molar-refractivity contribution < 1.29 is 24.2 Å². The summed E-state index contributed by atoms with van der Waals surface area (Å²) >= 11 is 5.37. The van der Waals surface area contributed by atoms with Gasteiger partial charge in [-0.3, -0.25) is 24.2 Å². The molecule has 3 aliphatic rings. The van der Waals surface area contributed by atoms with Crippen molar-refractivity contribution in [3.63, 3.8) is 0 Å². The number of nitrogen functional groups attached to an aromatic ring is 1. The van der Waals surface area contributed by atoms with E-state index in [1.807, 2.05) is 6.07 Å². The molecule has 3 N–H and O–H groups in total. The molecule has 232 valence electrons. The second kappa shape index (κ2) is 16.4. The van der Waals surface area contributed by atoms with Crippen LogP contribution in [-0.4, -0.2) is 62.2 Å². The molecule has 3 aliphatic heterocycles. The topological polar surface area (TPSA) is 221 Å². The van der Waals surface area contributed by atoms with Crippen LogP contribution in [0.2, 0.25) is 5.15 Å². The van der Waals surface area contributed by atoms with Gasteiger partial charge < -0.3 is 31.3 Å². The van der Waals surface area contributed by atoms with E-state index < -0.39 is 9.85 Å². The van der Waals surface area contributed by atoms with E-state index >= 15 is 0 Å². The van der Waals surface area contributed by atoms with Crippen LogP contribution in [0.4, 0.5) is 29.1 Å². The van der Waals surface area contributed by atoms with Gasteiger partial charge in [-0.1, -0.05) is 6.07 Å². The van der Waals surface area contributed by atoms with E-state index in [9.17, 15) is 34.6 Å². The second-order valence-electron chi connectivity index (χ2n) is 9.36. The molecule has 44 heavy (non-hydrogen) atoms. The fourth-order valence-corrected chi connectivity index (χ4v) is 4.26. The molecule has 3 aromatic rings. The first-order valence-corrected chi connectivity index (χ1v) is 13.9. The lowest BCUT2D eigenvalue weighted by Crippen LogP contribution is -2.24. The average molecular weight is 628 g/mol. The molecular formula is C27H30ClN9O7. The predicted octanol–water partition coefficient (Wildman–Crippen LogP) is 3.45. The molecule has 3 aromatic heterocycles. The summed E-state index contributed by atoms with van der Waals surface area (Å²) in [5.74, 6) is 1.35. The van der Waals surface area contributed by atoms with Gasteiger partial charge >= 0.3 is 11.6 Å². The van der Waals surface area contributed by atoms with E-state index in [1.165, 1.54) is 35.2 Å². The third-order valence-electron chi connectivity index (χ3n) is 6.15. The lowest BCUT2D eigenvalue weighted by molar-refractivity contribution is -0.389. The van der Waals surface area contributed by atoms with E-state index in [1.54, 1.807) is 23.1 Å². The second-order valence-corrected chi connectivity index (χ2v) is 9.75. The largest absolute Gasteiger partial charge is 0.384 e. The maximum atomic E-state index is 11.4. The molecule has 3 fully saturated rings. The number of nitrogens with zero attached hydrogens (tertiary/aromatic N) is 7. The highest BCUT2D eigenvalue weighted by atomic mass is 35.5. The molecule has 3 amide bonds. The number of amides is 3. The highest BCUT2D eigenvalue weighted by Gasteiger charge is 2.26. The van der Waals surface area contributed by atoms with Crippen LogP contribution in [0.15, 0.2) is 54.6 Å². The number of nitro groups is 2. The molecule has 0 aliphatic carbocycles. The third kappa shape index (κ3) is 10.2. The summed E-state index contributed by atoms with van der Waals surface area (Å²) in [5.41, 5.74) is 5.52. The molecule has 0 spiro atoms. The minimum atomic E-state index is -0.591. The molecule has 6 heterocycles. The Morgan fingerprint density at radius 1 is 0.727 bits per heavy atom. The Morgan fingerprint density at radius 2 is 1.25 bits per heavy atom. The zero-order chi connectivity index (χ0) is 32.1. The van der Waals surface area contributed by atoms with Crippen LogP contribution >= 0.6 is 11.6 Å². The van der Waals surface area contributed by atoms with Gasteiger partial charge in [0.25, 0.3) is 0 Å². The zero-order valence-corrected chi connectivity index (χ0v) is 24.3. The number of halogens is 1. The van der Waals surface area contributed by atoms with Crippen LogP contribution in [0.5, 0.6) is 0 Å². The van der Waals surface area contributed by atoms with E-state index in [2.05, 4.69) is 20.3 Å². The van der Waals surface area contributed by atoms with Crippen molar-refractivity contribution in [2.45, 2.75) is 38.5 Å². The molecule has 16 nitrogen and oxygen atoms in total. The van der Waals surface area contributed by atoms with Crippen LogP contribution < -0.4 is 20.9 Å². The molecule has 0 radical (unpaired) electrons. The van der Waals surface area contributed by atoms with E-state index in [4.69, 9.17) is 17.3 Å². The van der Waals surface area contributed by atoms with Gasteiger partial charge in [-0.2, -0.15) is 0 Å². The van der Waals surface area contributed by atoms with Gasteiger partial charge in [0.2, 0.25) is 28.7 Å². The van der Waals surface area contributed by atoms with Crippen molar-refractivity contribution in [2.75, 3.05) is 35.2 Å². The molecule has 0 atom stereocenters. The smallest absolute Gasteiger partial charge is 0.365 e. The van der Waals surface area contributed by atoms with Crippen LogP contribution in [0, 0.1) is 20.2 Å². The number of nitrogens with one attached hydrogen (secondary N) is 1. The van der Waals surface area contributed by atoms with Crippen molar-refractivity contribution >= 4 is 58.4 Å². The summed E-state index contributed by atoms with van der Waals surface area (Å²) in [4.78, 5) is 66.7. The predicted molar refractivity (Wildman–Crippen MR) is 161 cm³/mol. The molecule has 0 aromatic carbocycles. The number of hydrogen-bond acceptors (Lipinski definition) is 11. The highest BCUT2D eigenvalue weighted by molar-refractivity contribution is 6.29. The summed E-state index contributed by atoms with van der Waals surface area (Å²) in [6.45, 7) is 2.24. The fourth-order valence-electron chi connectivity index (χ4n) is 4.10. The number of carbonyl (C=O) groups is 3. The number of carbonyl (C=O) groups excluding carboxylic acids is 3. The van der Waals surface area contributed by atoms with Crippen LogP contribution in [0.25, 0.3) is 0 Å². The van der Waals surface area contributed by atoms with Gasteiger partial charge in [0.15, 0.2) is 0 Å². The molecule has 6 rings (SSSR count). The Kier molecular flexibility index (Phi) is 12.4. The van der Waals surface area contributed by atoms with Gasteiger partial charge in [0.1, 0.15) is 11.6 Å². The van der Waals surface area contributed by atoms with E-state index in [0.29, 0.717) is 36.8 Å². The fraction of sp³-hybridized carbons (Fsp3) is 0.333. The molecule has 0 bridgehead atoms.